The molecule has 6 heteroatoms. The molecule has 0 aliphatic carbocycles. The Morgan fingerprint density at radius 3 is 2.34 bits per heavy atom. The number of aromatic nitrogens is 2. The van der Waals surface area contributed by atoms with Crippen molar-refractivity contribution < 1.29 is 15.1 Å². The topological polar surface area (TPSA) is 51.3 Å². The second-order valence-corrected chi connectivity index (χ2v) is 8.59. The first kappa shape index (κ1) is 21.8. The minimum atomic E-state index is 0. The van der Waals surface area contributed by atoms with E-state index in [0.29, 0.717) is 0 Å². The zero-order chi connectivity index (χ0) is 21.2. The van der Waals surface area contributed by atoms with Crippen molar-refractivity contribution in [1.29, 1.82) is 0 Å². The van der Waals surface area contributed by atoms with Gasteiger partial charge in [-0.15, -0.1) is 0 Å². The van der Waals surface area contributed by atoms with Crippen molar-refractivity contribution in [3.05, 3.63) is 97.2 Å². The van der Waals surface area contributed by atoms with E-state index in [-0.39, 0.29) is 15.9 Å². The molecule has 2 heterocycles. The van der Waals surface area contributed by atoms with Crippen molar-refractivity contribution in [2.24, 2.45) is 0 Å². The van der Waals surface area contributed by atoms with Crippen LogP contribution in [0.2, 0.25) is 0 Å². The molecule has 32 heavy (non-hydrogen) atoms. The van der Waals surface area contributed by atoms with Crippen molar-refractivity contribution in [3.63, 3.8) is 0 Å². The van der Waals surface area contributed by atoms with Gasteiger partial charge in [-0.25, -0.2) is 4.98 Å². The van der Waals surface area contributed by atoms with Gasteiger partial charge in [0.15, 0.2) is 6.20 Å². The first-order valence-corrected chi connectivity index (χ1v) is 11.1. The number of pyridine rings is 1. The average molecular weight is 448 g/mol. The monoisotopic (exact) mass is 447 g/mol. The largest absolute Gasteiger partial charge is 2.00 e. The number of fused-ring (bicyclic) bond motifs is 4. The van der Waals surface area contributed by atoms with E-state index >= 15 is 0 Å². The summed E-state index contributed by atoms with van der Waals surface area (Å²) in [6.07, 6.45) is 1.84. The molecule has 0 saturated carbocycles. The van der Waals surface area contributed by atoms with E-state index in [1.54, 1.807) is 23.5 Å². The van der Waals surface area contributed by atoms with Crippen LogP contribution in [0.15, 0.2) is 102 Å². The molecule has 0 fully saturated rings. The molecule has 6 rings (SSSR count). The van der Waals surface area contributed by atoms with Crippen LogP contribution < -0.4 is 15.1 Å². The summed E-state index contributed by atoms with van der Waals surface area (Å²) in [5.41, 5.74) is 3.19. The molecule has 0 radical (unpaired) electrons. The smallest absolute Gasteiger partial charge is 0.872 e. The van der Waals surface area contributed by atoms with E-state index in [4.69, 9.17) is 12.6 Å². The van der Waals surface area contributed by atoms with Gasteiger partial charge in [0.25, 0.3) is 5.01 Å². The Morgan fingerprint density at radius 1 is 0.750 bits per heavy atom. The van der Waals surface area contributed by atoms with Crippen LogP contribution in [-0.4, -0.2) is 10.1 Å². The van der Waals surface area contributed by atoms with Gasteiger partial charge in [0.2, 0.25) is 11.0 Å². The van der Waals surface area contributed by atoms with Gasteiger partial charge >= 0.3 is 10.1 Å². The first-order valence-electron chi connectivity index (χ1n) is 9.87. The van der Waals surface area contributed by atoms with Crippen molar-refractivity contribution >= 4 is 66.0 Å². The maximum Gasteiger partial charge on any atom is 2.00 e. The molecular formula is C26H18BeN2OS2+2. The molecule has 2 aromatic heterocycles. The molecule has 0 spiro atoms. The molecule has 0 saturated heterocycles. The van der Waals surface area contributed by atoms with Crippen molar-refractivity contribution in [3.8, 4) is 16.3 Å². The van der Waals surface area contributed by atoms with Crippen LogP contribution in [-0.2, 0) is 12.6 Å². The van der Waals surface area contributed by atoms with Gasteiger partial charge in [0.1, 0.15) is 4.70 Å². The van der Waals surface area contributed by atoms with Gasteiger partial charge < -0.3 is 17.7 Å². The minimum absolute atomic E-state index is 0. The number of benzene rings is 4. The van der Waals surface area contributed by atoms with Crippen molar-refractivity contribution in [2.75, 3.05) is 0 Å². The third-order valence-electron chi connectivity index (χ3n) is 5.12. The summed E-state index contributed by atoms with van der Waals surface area (Å²) < 4.78 is 1.26. The van der Waals surface area contributed by atoms with Crippen LogP contribution in [0, 0.1) is 0 Å². The number of nitrogens with one attached hydrogen (secondary N) is 2. The van der Waals surface area contributed by atoms with E-state index in [1.807, 2.05) is 60.8 Å². The average Bonchev–Trinajstić information content (AvgIpc) is 3.24. The second kappa shape index (κ2) is 9.41. The maximum absolute atomic E-state index is 11.8. The zero-order valence-electron chi connectivity index (χ0n) is 17.2. The van der Waals surface area contributed by atoms with Crippen LogP contribution in [0.25, 0.3) is 42.5 Å². The van der Waals surface area contributed by atoms with Gasteiger partial charge in [0, 0.05) is 28.5 Å². The van der Waals surface area contributed by atoms with Crippen LogP contribution in [0.5, 0.6) is 5.75 Å². The SMILES string of the molecule is [Be+2].[O-]c1cccc2ccc3ccc[nH+]c3c12.[S-]c1ccccc1-c1[nH+]c2ccccc2s1. The van der Waals surface area contributed by atoms with E-state index in [1.165, 1.54) is 10.2 Å². The Labute approximate surface area is 199 Å². The number of para-hydroxylation sites is 1. The van der Waals surface area contributed by atoms with E-state index in [0.717, 1.165) is 37.1 Å². The van der Waals surface area contributed by atoms with Crippen LogP contribution in [0.3, 0.4) is 0 Å². The zero-order valence-corrected chi connectivity index (χ0v) is 18.8. The summed E-state index contributed by atoms with van der Waals surface area (Å²) in [6, 6.07) is 29.6. The van der Waals surface area contributed by atoms with E-state index in [9.17, 15) is 5.11 Å². The third-order valence-corrected chi connectivity index (χ3v) is 6.58. The number of thiazole rings is 1. The maximum atomic E-state index is 11.8. The summed E-state index contributed by atoms with van der Waals surface area (Å²) in [7, 11) is 0. The van der Waals surface area contributed by atoms with Gasteiger partial charge in [-0.05, 0) is 29.7 Å². The number of rotatable bonds is 1. The number of hydrogen-bond acceptors (Lipinski definition) is 3. The molecule has 4 aromatic carbocycles. The Hall–Kier alpha value is -3.37. The fourth-order valence-electron chi connectivity index (χ4n) is 3.63. The van der Waals surface area contributed by atoms with Crippen LogP contribution in [0.1, 0.15) is 0 Å². The van der Waals surface area contributed by atoms with Crippen molar-refractivity contribution in [1.82, 2.24) is 0 Å². The molecule has 6 aromatic rings. The normalized spacial score (nSPS) is 10.5. The number of aromatic amines is 2. The predicted molar refractivity (Wildman–Crippen MR) is 133 cm³/mol. The molecule has 150 valence electrons. The molecule has 0 unspecified atom stereocenters. The molecule has 0 bridgehead atoms. The summed E-state index contributed by atoms with van der Waals surface area (Å²) in [6.45, 7) is 0. The van der Waals surface area contributed by atoms with Crippen LogP contribution in [0.4, 0.5) is 0 Å². The Bertz CT molecular complexity index is 1500. The minimum Gasteiger partial charge on any atom is -0.872 e. The van der Waals surface area contributed by atoms with E-state index < -0.39 is 0 Å². The second-order valence-electron chi connectivity index (χ2n) is 7.10. The summed E-state index contributed by atoms with van der Waals surface area (Å²) in [5, 5.41) is 15.7. The quantitative estimate of drug-likeness (QED) is 0.207. The fourth-order valence-corrected chi connectivity index (χ4v) is 4.99. The summed E-state index contributed by atoms with van der Waals surface area (Å²) in [4.78, 5) is 7.43. The van der Waals surface area contributed by atoms with Gasteiger partial charge in [-0.3, -0.25) is 0 Å². The van der Waals surface area contributed by atoms with Gasteiger partial charge in [-0.2, -0.15) is 9.88 Å². The van der Waals surface area contributed by atoms with Crippen molar-refractivity contribution in [2.45, 2.75) is 4.90 Å². The Balaban J connectivity index is 0.000000149. The fraction of sp³-hybridized carbons (Fsp3) is 0. The molecule has 0 amide bonds. The van der Waals surface area contributed by atoms with Gasteiger partial charge in [-0.1, -0.05) is 71.7 Å². The molecule has 0 aliphatic heterocycles. The molecule has 0 atom stereocenters. The molecular weight excluding hydrogens is 429 g/mol. The number of hydrogen-bond donors (Lipinski definition) is 0. The van der Waals surface area contributed by atoms with Crippen LogP contribution >= 0.6 is 11.3 Å². The molecule has 3 nitrogen and oxygen atoms in total. The summed E-state index contributed by atoms with van der Waals surface area (Å²) in [5.74, 6) is 0.0700. The molecule has 2 N–H and O–H groups in total. The van der Waals surface area contributed by atoms with Gasteiger partial charge in [0.05, 0.1) is 0 Å². The predicted octanol–water partition coefficient (Wildman–Crippen LogP) is 4.79. The Morgan fingerprint density at radius 2 is 1.50 bits per heavy atom. The standard InChI is InChI=1S/C13H9NO.C13H9NS2.Be/c15-11-5-1-3-9-6-7-10-4-2-8-14-13(10)12(9)11;15-11-7-3-1-5-9(11)13-14-10-6-2-4-8-12(10)16-13;/h1-8,15H;1-8,15H;/q;;+2. The Kier molecular flexibility index (Phi) is 6.42. The number of H-pyrrole nitrogens is 2. The third kappa shape index (κ3) is 4.19. The van der Waals surface area contributed by atoms with E-state index in [2.05, 4.69) is 34.2 Å². The first-order chi connectivity index (χ1) is 15.2. The summed E-state index contributed by atoms with van der Waals surface area (Å²) >= 11 is 7.07. The molecule has 0 aliphatic rings.